The molecule has 0 aromatic heterocycles. The lowest BCUT2D eigenvalue weighted by molar-refractivity contribution is 0.116. The summed E-state index contributed by atoms with van der Waals surface area (Å²) < 4.78 is 6.99. The molecule has 1 aliphatic rings. The van der Waals surface area contributed by atoms with E-state index in [0.29, 0.717) is 0 Å². The molecular formula is C12H15IO. The van der Waals surface area contributed by atoms with E-state index in [1.54, 1.807) is 0 Å². The van der Waals surface area contributed by atoms with Crippen molar-refractivity contribution in [3.63, 3.8) is 0 Å². The number of hydrogen-bond donors (Lipinski definition) is 0. The van der Waals surface area contributed by atoms with Crippen LogP contribution < -0.4 is 4.74 Å². The first kappa shape index (κ1) is 10.3. The molecule has 2 rings (SSSR count). The minimum absolute atomic E-state index is 0.786. The summed E-state index contributed by atoms with van der Waals surface area (Å²) in [5, 5.41) is 0. The van der Waals surface area contributed by atoms with Crippen LogP contribution in [0, 0.1) is 15.4 Å². The molecule has 1 fully saturated rings. The summed E-state index contributed by atoms with van der Waals surface area (Å²) in [6.07, 6.45) is 2.71. The van der Waals surface area contributed by atoms with E-state index in [9.17, 15) is 0 Å². The van der Waals surface area contributed by atoms with Crippen LogP contribution in [0.1, 0.15) is 19.8 Å². The van der Waals surface area contributed by atoms with E-state index in [2.05, 4.69) is 41.6 Å². The Morgan fingerprint density at radius 1 is 1.29 bits per heavy atom. The van der Waals surface area contributed by atoms with E-state index >= 15 is 0 Å². The van der Waals surface area contributed by atoms with Gasteiger partial charge in [0.1, 0.15) is 5.75 Å². The Kier molecular flexibility index (Phi) is 3.31. The summed E-state index contributed by atoms with van der Waals surface area (Å²) in [5.74, 6) is 2.65. The van der Waals surface area contributed by atoms with Crippen LogP contribution in [0.25, 0.3) is 0 Å². The molecule has 1 aliphatic carbocycles. The lowest BCUT2D eigenvalue weighted by Gasteiger charge is -2.33. The minimum Gasteiger partial charge on any atom is -0.493 e. The molecule has 2 atom stereocenters. The molecular weight excluding hydrogens is 287 g/mol. The molecule has 0 N–H and O–H groups in total. The highest BCUT2D eigenvalue weighted by Gasteiger charge is 2.26. The molecule has 2 heteroatoms. The standard InChI is InChI=1S/C12H15IO/c1-9-2-3-10(9)8-14-12-6-4-11(13)5-7-12/h4-7,9-10H,2-3,8H2,1H3/t9-,10+/m0/s1. The predicted octanol–water partition coefficient (Wildman–Crippen LogP) is 3.72. The summed E-state index contributed by atoms with van der Waals surface area (Å²) in [4.78, 5) is 0. The van der Waals surface area contributed by atoms with Gasteiger partial charge in [0, 0.05) is 3.57 Å². The first-order chi connectivity index (χ1) is 6.75. The van der Waals surface area contributed by atoms with Gasteiger partial charge in [-0.1, -0.05) is 6.92 Å². The van der Waals surface area contributed by atoms with Gasteiger partial charge in [-0.05, 0) is 71.5 Å². The molecule has 0 amide bonds. The van der Waals surface area contributed by atoms with Crippen molar-refractivity contribution in [3.8, 4) is 5.75 Å². The largest absolute Gasteiger partial charge is 0.493 e. The van der Waals surface area contributed by atoms with Crippen LogP contribution >= 0.6 is 22.6 Å². The Morgan fingerprint density at radius 3 is 2.50 bits per heavy atom. The maximum Gasteiger partial charge on any atom is 0.119 e. The quantitative estimate of drug-likeness (QED) is 0.773. The second-order valence-electron chi connectivity index (χ2n) is 4.08. The number of ether oxygens (including phenoxy) is 1. The topological polar surface area (TPSA) is 9.23 Å². The second-order valence-corrected chi connectivity index (χ2v) is 5.33. The summed E-state index contributed by atoms with van der Waals surface area (Å²) in [6.45, 7) is 3.20. The maximum atomic E-state index is 5.73. The summed E-state index contributed by atoms with van der Waals surface area (Å²) >= 11 is 2.30. The van der Waals surface area contributed by atoms with E-state index in [4.69, 9.17) is 4.74 Å². The Morgan fingerprint density at radius 2 is 2.00 bits per heavy atom. The van der Waals surface area contributed by atoms with Gasteiger partial charge >= 0.3 is 0 Å². The molecule has 14 heavy (non-hydrogen) atoms. The molecule has 0 bridgehead atoms. The molecule has 0 radical (unpaired) electrons. The summed E-state index contributed by atoms with van der Waals surface area (Å²) in [7, 11) is 0. The zero-order chi connectivity index (χ0) is 9.97. The van der Waals surface area contributed by atoms with Gasteiger partial charge in [0.25, 0.3) is 0 Å². The number of halogens is 1. The lowest BCUT2D eigenvalue weighted by atomic mass is 9.75. The Hall–Kier alpha value is -0.250. The molecule has 0 spiro atoms. The van der Waals surface area contributed by atoms with Crippen LogP contribution in [-0.2, 0) is 0 Å². The van der Waals surface area contributed by atoms with Gasteiger partial charge in [0.2, 0.25) is 0 Å². The first-order valence-electron chi connectivity index (χ1n) is 5.14. The van der Waals surface area contributed by atoms with Gasteiger partial charge in [-0.15, -0.1) is 0 Å². The molecule has 1 aromatic carbocycles. The van der Waals surface area contributed by atoms with Crippen LogP contribution in [0.2, 0.25) is 0 Å². The molecule has 1 aromatic rings. The van der Waals surface area contributed by atoms with Crippen molar-refractivity contribution in [1.82, 2.24) is 0 Å². The molecule has 0 heterocycles. The highest BCUT2D eigenvalue weighted by molar-refractivity contribution is 14.1. The Bertz CT molecular complexity index is 294. The van der Waals surface area contributed by atoms with E-state index < -0.39 is 0 Å². The average Bonchev–Trinajstić information content (AvgIpc) is 2.19. The van der Waals surface area contributed by atoms with Crippen molar-refractivity contribution >= 4 is 22.6 Å². The third kappa shape index (κ3) is 2.41. The minimum atomic E-state index is 0.786. The number of hydrogen-bond acceptors (Lipinski definition) is 1. The van der Waals surface area contributed by atoms with E-state index in [1.807, 2.05) is 12.1 Å². The highest BCUT2D eigenvalue weighted by Crippen LogP contribution is 2.33. The van der Waals surface area contributed by atoms with Crippen molar-refractivity contribution < 1.29 is 4.74 Å². The zero-order valence-electron chi connectivity index (χ0n) is 8.37. The van der Waals surface area contributed by atoms with Gasteiger partial charge in [-0.3, -0.25) is 0 Å². The predicted molar refractivity (Wildman–Crippen MR) is 66.5 cm³/mol. The van der Waals surface area contributed by atoms with Crippen LogP contribution in [0.15, 0.2) is 24.3 Å². The van der Waals surface area contributed by atoms with Gasteiger partial charge in [-0.25, -0.2) is 0 Å². The van der Waals surface area contributed by atoms with Crippen molar-refractivity contribution in [2.75, 3.05) is 6.61 Å². The summed E-state index contributed by atoms with van der Waals surface area (Å²) in [5.41, 5.74) is 0. The van der Waals surface area contributed by atoms with Crippen molar-refractivity contribution in [3.05, 3.63) is 27.8 Å². The van der Waals surface area contributed by atoms with Gasteiger partial charge in [0.15, 0.2) is 0 Å². The molecule has 76 valence electrons. The van der Waals surface area contributed by atoms with Crippen LogP contribution in [0.5, 0.6) is 5.75 Å². The zero-order valence-corrected chi connectivity index (χ0v) is 10.5. The normalized spacial score (nSPS) is 25.6. The third-order valence-electron chi connectivity index (χ3n) is 3.08. The van der Waals surface area contributed by atoms with Crippen LogP contribution in [-0.4, -0.2) is 6.61 Å². The molecule has 0 saturated heterocycles. The fourth-order valence-corrected chi connectivity index (χ4v) is 2.08. The summed E-state index contributed by atoms with van der Waals surface area (Å²) in [6, 6.07) is 8.26. The average molecular weight is 302 g/mol. The lowest BCUT2D eigenvalue weighted by Crippen LogP contribution is -2.28. The smallest absolute Gasteiger partial charge is 0.119 e. The SMILES string of the molecule is C[C@H]1CC[C@@H]1COc1ccc(I)cc1. The Balaban J connectivity index is 1.83. The monoisotopic (exact) mass is 302 g/mol. The molecule has 0 aliphatic heterocycles. The second kappa shape index (κ2) is 4.51. The van der Waals surface area contributed by atoms with E-state index in [-0.39, 0.29) is 0 Å². The van der Waals surface area contributed by atoms with Crippen molar-refractivity contribution in [1.29, 1.82) is 0 Å². The van der Waals surface area contributed by atoms with E-state index in [1.165, 1.54) is 16.4 Å². The van der Waals surface area contributed by atoms with Crippen molar-refractivity contribution in [2.45, 2.75) is 19.8 Å². The fraction of sp³-hybridized carbons (Fsp3) is 0.500. The van der Waals surface area contributed by atoms with Crippen LogP contribution in [0.4, 0.5) is 0 Å². The number of benzene rings is 1. The Labute approximate surface area is 99.0 Å². The maximum absolute atomic E-state index is 5.73. The number of rotatable bonds is 3. The van der Waals surface area contributed by atoms with Crippen molar-refractivity contribution in [2.24, 2.45) is 11.8 Å². The van der Waals surface area contributed by atoms with E-state index in [0.717, 1.165) is 24.2 Å². The van der Waals surface area contributed by atoms with Gasteiger partial charge in [0.05, 0.1) is 6.61 Å². The fourth-order valence-electron chi connectivity index (χ4n) is 1.72. The van der Waals surface area contributed by atoms with Crippen LogP contribution in [0.3, 0.4) is 0 Å². The van der Waals surface area contributed by atoms with Gasteiger partial charge < -0.3 is 4.74 Å². The molecule has 1 saturated carbocycles. The molecule has 0 unspecified atom stereocenters. The molecule has 1 nitrogen and oxygen atoms in total. The third-order valence-corrected chi connectivity index (χ3v) is 3.79. The first-order valence-corrected chi connectivity index (χ1v) is 6.22. The van der Waals surface area contributed by atoms with Gasteiger partial charge in [-0.2, -0.15) is 0 Å². The highest BCUT2D eigenvalue weighted by atomic mass is 127.